The second-order valence-corrected chi connectivity index (χ2v) is 7.71. The molecule has 0 aliphatic carbocycles. The van der Waals surface area contributed by atoms with Gasteiger partial charge in [0.1, 0.15) is 5.03 Å². The van der Waals surface area contributed by atoms with Crippen molar-refractivity contribution in [2.24, 2.45) is 0 Å². The number of aromatic nitrogens is 1. The predicted molar refractivity (Wildman–Crippen MR) is 107 cm³/mol. The zero-order valence-corrected chi connectivity index (χ0v) is 17.3. The number of carbonyl (C=O) groups is 2. The molecular formula is C20H18F5N3O3S. The second kappa shape index (κ2) is 10.2. The summed E-state index contributed by atoms with van der Waals surface area (Å²) in [6.45, 7) is 0.478. The first kappa shape index (κ1) is 23.8. The Morgan fingerprint density at radius 1 is 1.09 bits per heavy atom. The van der Waals surface area contributed by atoms with Gasteiger partial charge in [-0.15, -0.1) is 0 Å². The fraction of sp³-hybridized carbons (Fsp3) is 0.350. The molecule has 0 atom stereocenters. The number of thioether (sulfide) groups is 1. The summed E-state index contributed by atoms with van der Waals surface area (Å²) >= 11 is 0.0997. The largest absolute Gasteiger partial charge is 0.452 e. The van der Waals surface area contributed by atoms with Crippen LogP contribution in [0.1, 0.15) is 15.9 Å². The fourth-order valence-corrected chi connectivity index (χ4v) is 3.68. The second-order valence-electron chi connectivity index (χ2n) is 6.73. The van der Waals surface area contributed by atoms with Crippen molar-refractivity contribution in [1.82, 2.24) is 9.88 Å². The summed E-state index contributed by atoms with van der Waals surface area (Å²) in [5.41, 5.74) is -0.515. The summed E-state index contributed by atoms with van der Waals surface area (Å²) in [5.74, 6) is -4.21. The Kier molecular flexibility index (Phi) is 7.54. The normalized spacial score (nSPS) is 14.6. The summed E-state index contributed by atoms with van der Waals surface area (Å²) in [4.78, 5) is 31.4. The van der Waals surface area contributed by atoms with Gasteiger partial charge in [0.15, 0.2) is 6.61 Å². The van der Waals surface area contributed by atoms with Gasteiger partial charge in [0.25, 0.3) is 11.7 Å². The molecule has 0 saturated carbocycles. The van der Waals surface area contributed by atoms with E-state index in [0.717, 1.165) is 12.1 Å². The molecule has 1 aliphatic rings. The summed E-state index contributed by atoms with van der Waals surface area (Å²) in [6.07, 6.45) is -3.18. The molecule has 6 nitrogen and oxygen atoms in total. The lowest BCUT2D eigenvalue weighted by Gasteiger charge is -2.36. The molecule has 32 heavy (non-hydrogen) atoms. The van der Waals surface area contributed by atoms with E-state index < -0.39 is 36.0 Å². The smallest absolute Gasteiger partial charge is 0.416 e. The van der Waals surface area contributed by atoms with E-state index in [1.807, 2.05) is 0 Å². The van der Waals surface area contributed by atoms with Crippen LogP contribution in [-0.4, -0.2) is 60.3 Å². The van der Waals surface area contributed by atoms with Gasteiger partial charge in [0.05, 0.1) is 11.1 Å². The number of hydrogen-bond acceptors (Lipinski definition) is 6. The number of amides is 1. The Labute approximate surface area is 184 Å². The number of nitrogens with zero attached hydrogens (tertiary/aromatic N) is 3. The molecule has 1 amide bonds. The van der Waals surface area contributed by atoms with E-state index in [0.29, 0.717) is 18.8 Å². The standard InChI is InChI=1S/C20H18F5N3O3S/c21-19(22)32-17-15(5-2-6-26-17)18(30)31-12-16(29)28-9-7-27(8-10-28)14-4-1-3-13(11-14)20(23,24)25/h1-6,11,19H,7-10,12H2. The highest BCUT2D eigenvalue weighted by atomic mass is 32.2. The molecule has 0 unspecified atom stereocenters. The molecule has 0 radical (unpaired) electrons. The van der Waals surface area contributed by atoms with E-state index in [2.05, 4.69) is 4.98 Å². The Bertz CT molecular complexity index is 965. The van der Waals surface area contributed by atoms with Crippen LogP contribution in [-0.2, 0) is 15.7 Å². The van der Waals surface area contributed by atoms with Crippen LogP contribution in [0.25, 0.3) is 0 Å². The van der Waals surface area contributed by atoms with Crippen LogP contribution in [0.3, 0.4) is 0 Å². The Morgan fingerprint density at radius 2 is 1.81 bits per heavy atom. The third-order valence-corrected chi connectivity index (χ3v) is 5.42. The van der Waals surface area contributed by atoms with Gasteiger partial charge in [-0.2, -0.15) is 22.0 Å². The van der Waals surface area contributed by atoms with Crippen LogP contribution in [0.5, 0.6) is 0 Å². The summed E-state index contributed by atoms with van der Waals surface area (Å²) in [7, 11) is 0. The zero-order chi connectivity index (χ0) is 23.3. The SMILES string of the molecule is O=C(OCC(=O)N1CCN(c2cccc(C(F)(F)F)c2)CC1)c1cccnc1SC(F)F. The lowest BCUT2D eigenvalue weighted by Crippen LogP contribution is -2.50. The lowest BCUT2D eigenvalue weighted by atomic mass is 10.1. The Morgan fingerprint density at radius 3 is 2.47 bits per heavy atom. The summed E-state index contributed by atoms with van der Waals surface area (Å²) in [5, 5.41) is -0.199. The minimum atomic E-state index is -4.44. The molecule has 172 valence electrons. The van der Waals surface area contributed by atoms with E-state index in [1.54, 1.807) is 11.0 Å². The van der Waals surface area contributed by atoms with E-state index in [9.17, 15) is 31.5 Å². The van der Waals surface area contributed by atoms with Crippen molar-refractivity contribution in [1.29, 1.82) is 0 Å². The first-order chi connectivity index (χ1) is 15.1. The van der Waals surface area contributed by atoms with Crippen LogP contribution >= 0.6 is 11.8 Å². The number of ether oxygens (including phenoxy) is 1. The van der Waals surface area contributed by atoms with Crippen LogP contribution in [0, 0.1) is 0 Å². The Balaban J connectivity index is 1.53. The molecule has 1 fully saturated rings. The molecule has 2 heterocycles. The first-order valence-corrected chi connectivity index (χ1v) is 10.3. The number of hydrogen-bond donors (Lipinski definition) is 0. The maximum Gasteiger partial charge on any atom is 0.416 e. The third kappa shape index (κ3) is 6.09. The zero-order valence-electron chi connectivity index (χ0n) is 16.5. The molecule has 1 saturated heterocycles. The molecule has 1 aromatic carbocycles. The van der Waals surface area contributed by atoms with Crippen molar-refractivity contribution in [3.8, 4) is 0 Å². The highest BCUT2D eigenvalue weighted by molar-refractivity contribution is 7.99. The molecular weight excluding hydrogens is 457 g/mol. The topological polar surface area (TPSA) is 62.7 Å². The molecule has 2 aromatic rings. The van der Waals surface area contributed by atoms with Gasteiger partial charge in [-0.25, -0.2) is 9.78 Å². The van der Waals surface area contributed by atoms with Crippen molar-refractivity contribution in [2.75, 3.05) is 37.7 Å². The number of piperazine rings is 1. The maximum absolute atomic E-state index is 12.9. The summed E-state index contributed by atoms with van der Waals surface area (Å²) in [6, 6.07) is 7.61. The number of alkyl halides is 5. The van der Waals surface area contributed by atoms with Crippen molar-refractivity contribution in [2.45, 2.75) is 17.0 Å². The van der Waals surface area contributed by atoms with Crippen LogP contribution in [0.2, 0.25) is 0 Å². The third-order valence-electron chi connectivity index (χ3n) is 4.69. The lowest BCUT2D eigenvalue weighted by molar-refractivity contribution is -0.137. The van der Waals surface area contributed by atoms with Gasteiger partial charge in [-0.3, -0.25) is 4.79 Å². The number of halogens is 5. The van der Waals surface area contributed by atoms with Gasteiger partial charge in [-0.1, -0.05) is 6.07 Å². The number of benzene rings is 1. The molecule has 1 aliphatic heterocycles. The van der Waals surface area contributed by atoms with Gasteiger partial charge < -0.3 is 14.5 Å². The first-order valence-electron chi connectivity index (χ1n) is 9.42. The molecule has 12 heteroatoms. The van der Waals surface area contributed by atoms with Gasteiger partial charge in [0, 0.05) is 38.1 Å². The van der Waals surface area contributed by atoms with Gasteiger partial charge in [0.2, 0.25) is 0 Å². The van der Waals surface area contributed by atoms with Crippen LogP contribution < -0.4 is 4.90 Å². The number of rotatable bonds is 6. The molecule has 0 spiro atoms. The van der Waals surface area contributed by atoms with Crippen molar-refractivity contribution >= 4 is 29.3 Å². The van der Waals surface area contributed by atoms with E-state index in [-0.39, 0.29) is 35.4 Å². The summed E-state index contributed by atoms with van der Waals surface area (Å²) < 4.78 is 68.9. The van der Waals surface area contributed by atoms with Crippen molar-refractivity contribution in [3.63, 3.8) is 0 Å². The minimum absolute atomic E-state index is 0.0997. The highest BCUT2D eigenvalue weighted by Gasteiger charge is 2.31. The number of esters is 1. The van der Waals surface area contributed by atoms with E-state index in [1.165, 1.54) is 29.3 Å². The van der Waals surface area contributed by atoms with Crippen LogP contribution in [0.15, 0.2) is 47.6 Å². The van der Waals surface area contributed by atoms with Crippen molar-refractivity contribution in [3.05, 3.63) is 53.7 Å². The quantitative estimate of drug-likeness (QED) is 0.359. The highest BCUT2D eigenvalue weighted by Crippen LogP contribution is 2.32. The fourth-order valence-electron chi connectivity index (χ4n) is 3.11. The van der Waals surface area contributed by atoms with E-state index >= 15 is 0 Å². The number of carbonyl (C=O) groups excluding carboxylic acids is 2. The molecule has 1 aromatic heterocycles. The number of pyridine rings is 1. The average Bonchev–Trinajstić information content (AvgIpc) is 2.77. The maximum atomic E-state index is 12.9. The Hall–Kier alpha value is -2.89. The molecule has 0 N–H and O–H groups in total. The minimum Gasteiger partial charge on any atom is -0.452 e. The van der Waals surface area contributed by atoms with E-state index in [4.69, 9.17) is 4.74 Å². The van der Waals surface area contributed by atoms with Crippen LogP contribution in [0.4, 0.5) is 27.6 Å². The monoisotopic (exact) mass is 475 g/mol. The van der Waals surface area contributed by atoms with Gasteiger partial charge in [-0.05, 0) is 42.1 Å². The van der Waals surface area contributed by atoms with Crippen molar-refractivity contribution < 1.29 is 36.3 Å². The predicted octanol–water partition coefficient (Wildman–Crippen LogP) is 3.92. The molecule has 0 bridgehead atoms. The molecule has 3 rings (SSSR count). The van der Waals surface area contributed by atoms with Gasteiger partial charge >= 0.3 is 12.1 Å². The average molecular weight is 475 g/mol. The number of anilines is 1.